The molecule has 1 aliphatic heterocycles. The summed E-state index contributed by atoms with van der Waals surface area (Å²) in [6.07, 6.45) is 1.03. The van der Waals surface area contributed by atoms with Gasteiger partial charge in [-0.15, -0.1) is 0 Å². The van der Waals surface area contributed by atoms with E-state index in [4.69, 9.17) is 10.00 Å². The molecule has 0 aromatic heterocycles. The van der Waals surface area contributed by atoms with Gasteiger partial charge in [-0.05, 0) is 37.6 Å². The molecule has 2 rings (SSSR count). The van der Waals surface area contributed by atoms with Crippen LogP contribution in [0.3, 0.4) is 0 Å². The maximum Gasteiger partial charge on any atom is 0.119 e. The Morgan fingerprint density at radius 1 is 1.42 bits per heavy atom. The molecular formula is C15H21N3O. The van der Waals surface area contributed by atoms with Gasteiger partial charge in [-0.2, -0.15) is 5.26 Å². The largest absolute Gasteiger partial charge is 0.494 e. The van der Waals surface area contributed by atoms with E-state index in [2.05, 4.69) is 23.2 Å². The lowest BCUT2D eigenvalue weighted by Gasteiger charge is -2.31. The molecule has 0 radical (unpaired) electrons. The average Bonchev–Trinajstić information content (AvgIpc) is 2.44. The predicted octanol–water partition coefficient (Wildman–Crippen LogP) is 1.62. The van der Waals surface area contributed by atoms with Crippen molar-refractivity contribution in [3.05, 3.63) is 29.8 Å². The van der Waals surface area contributed by atoms with Crippen LogP contribution in [0.15, 0.2) is 24.3 Å². The molecule has 1 N–H and O–H groups in total. The van der Waals surface area contributed by atoms with E-state index in [1.165, 1.54) is 0 Å². The van der Waals surface area contributed by atoms with Gasteiger partial charge in [0, 0.05) is 32.2 Å². The van der Waals surface area contributed by atoms with Gasteiger partial charge in [-0.1, -0.05) is 0 Å². The number of nitrogens with zero attached hydrogens (tertiary/aromatic N) is 2. The van der Waals surface area contributed by atoms with Crippen LogP contribution >= 0.6 is 0 Å². The van der Waals surface area contributed by atoms with Gasteiger partial charge in [0.25, 0.3) is 0 Å². The smallest absolute Gasteiger partial charge is 0.119 e. The second-order valence-electron chi connectivity index (χ2n) is 4.99. The lowest BCUT2D eigenvalue weighted by molar-refractivity contribution is 0.189. The summed E-state index contributed by atoms with van der Waals surface area (Å²) in [4.78, 5) is 2.48. The second-order valence-corrected chi connectivity index (χ2v) is 4.99. The fraction of sp³-hybridized carbons (Fsp3) is 0.533. The van der Waals surface area contributed by atoms with Crippen molar-refractivity contribution in [1.82, 2.24) is 10.2 Å². The van der Waals surface area contributed by atoms with E-state index in [0.29, 0.717) is 11.6 Å². The molecule has 4 heteroatoms. The Morgan fingerprint density at radius 2 is 2.21 bits per heavy atom. The Labute approximate surface area is 115 Å². The first kappa shape index (κ1) is 13.9. The summed E-state index contributed by atoms with van der Waals surface area (Å²) in [6.45, 7) is 7.36. The van der Waals surface area contributed by atoms with E-state index < -0.39 is 0 Å². The van der Waals surface area contributed by atoms with Gasteiger partial charge in [-0.3, -0.25) is 0 Å². The molecule has 0 amide bonds. The molecule has 0 unspecified atom stereocenters. The maximum atomic E-state index is 8.71. The van der Waals surface area contributed by atoms with Crippen LogP contribution in [0.2, 0.25) is 0 Å². The number of nitriles is 1. The van der Waals surface area contributed by atoms with Crippen LogP contribution in [0.4, 0.5) is 0 Å². The molecule has 1 aromatic rings. The van der Waals surface area contributed by atoms with Crippen molar-refractivity contribution < 1.29 is 4.74 Å². The maximum absolute atomic E-state index is 8.71. The molecule has 0 spiro atoms. The fourth-order valence-corrected chi connectivity index (χ4v) is 2.32. The molecule has 1 aromatic carbocycles. The predicted molar refractivity (Wildman–Crippen MR) is 75.2 cm³/mol. The summed E-state index contributed by atoms with van der Waals surface area (Å²) in [5, 5.41) is 12.1. The monoisotopic (exact) mass is 259 g/mol. The Hall–Kier alpha value is -1.57. The van der Waals surface area contributed by atoms with Gasteiger partial charge in [-0.25, -0.2) is 0 Å². The molecular weight excluding hydrogens is 238 g/mol. The van der Waals surface area contributed by atoms with Crippen LogP contribution in [0.1, 0.15) is 18.9 Å². The van der Waals surface area contributed by atoms with E-state index in [-0.39, 0.29) is 0 Å². The SMILES string of the molecule is C[C@H]1CN(CCCOc2ccc(C#N)cc2)CCN1. The van der Waals surface area contributed by atoms with Gasteiger partial charge in [0.1, 0.15) is 5.75 Å². The van der Waals surface area contributed by atoms with E-state index in [0.717, 1.165) is 45.0 Å². The van der Waals surface area contributed by atoms with Crippen LogP contribution in [0, 0.1) is 11.3 Å². The Kier molecular flexibility index (Phi) is 5.20. The first-order valence-corrected chi connectivity index (χ1v) is 6.86. The van der Waals surface area contributed by atoms with Gasteiger partial charge in [0.15, 0.2) is 0 Å². The van der Waals surface area contributed by atoms with Crippen molar-refractivity contribution >= 4 is 0 Å². The third-order valence-corrected chi connectivity index (χ3v) is 3.32. The lowest BCUT2D eigenvalue weighted by Crippen LogP contribution is -2.49. The molecule has 1 heterocycles. The van der Waals surface area contributed by atoms with E-state index in [9.17, 15) is 0 Å². The number of piperazine rings is 1. The zero-order valence-corrected chi connectivity index (χ0v) is 11.4. The van der Waals surface area contributed by atoms with Crippen LogP contribution in [-0.2, 0) is 0 Å². The summed E-state index contributed by atoms with van der Waals surface area (Å²) in [7, 11) is 0. The van der Waals surface area contributed by atoms with Crippen LogP contribution in [0.5, 0.6) is 5.75 Å². The molecule has 4 nitrogen and oxygen atoms in total. The number of benzene rings is 1. The highest BCUT2D eigenvalue weighted by Gasteiger charge is 2.14. The molecule has 1 aliphatic rings. The average molecular weight is 259 g/mol. The molecule has 1 saturated heterocycles. The quantitative estimate of drug-likeness (QED) is 0.816. The zero-order valence-electron chi connectivity index (χ0n) is 11.4. The summed E-state index contributed by atoms with van der Waals surface area (Å²) >= 11 is 0. The molecule has 102 valence electrons. The Balaban J connectivity index is 1.64. The molecule has 1 atom stereocenters. The Morgan fingerprint density at radius 3 is 2.89 bits per heavy atom. The van der Waals surface area contributed by atoms with Crippen LogP contribution < -0.4 is 10.1 Å². The van der Waals surface area contributed by atoms with Gasteiger partial charge < -0.3 is 15.0 Å². The van der Waals surface area contributed by atoms with Crippen LogP contribution in [-0.4, -0.2) is 43.7 Å². The van der Waals surface area contributed by atoms with Crippen molar-refractivity contribution in [3.8, 4) is 11.8 Å². The standard InChI is InChI=1S/C15H21N3O/c1-13-12-18(9-7-17-13)8-2-10-19-15-5-3-14(11-16)4-6-15/h3-6,13,17H,2,7-10,12H2,1H3/t13-/m0/s1. The highest BCUT2D eigenvalue weighted by Crippen LogP contribution is 2.11. The van der Waals surface area contributed by atoms with Crippen molar-refractivity contribution in [2.45, 2.75) is 19.4 Å². The molecule has 1 fully saturated rings. The molecule has 19 heavy (non-hydrogen) atoms. The van der Waals surface area contributed by atoms with Crippen molar-refractivity contribution in [1.29, 1.82) is 5.26 Å². The number of hydrogen-bond donors (Lipinski definition) is 1. The Bertz CT molecular complexity index is 424. The van der Waals surface area contributed by atoms with Crippen molar-refractivity contribution in [2.24, 2.45) is 0 Å². The molecule has 0 saturated carbocycles. The number of nitrogens with one attached hydrogen (secondary N) is 1. The minimum Gasteiger partial charge on any atom is -0.494 e. The summed E-state index contributed by atoms with van der Waals surface area (Å²) in [6, 6.07) is 9.97. The summed E-state index contributed by atoms with van der Waals surface area (Å²) in [5.41, 5.74) is 0.669. The molecule has 0 bridgehead atoms. The van der Waals surface area contributed by atoms with E-state index in [1.807, 2.05) is 12.1 Å². The topological polar surface area (TPSA) is 48.3 Å². The number of rotatable bonds is 5. The highest BCUT2D eigenvalue weighted by molar-refractivity contribution is 5.34. The number of ether oxygens (including phenoxy) is 1. The summed E-state index contributed by atoms with van der Waals surface area (Å²) in [5.74, 6) is 0.840. The minimum absolute atomic E-state index is 0.591. The normalized spacial score (nSPS) is 19.9. The highest BCUT2D eigenvalue weighted by atomic mass is 16.5. The lowest BCUT2D eigenvalue weighted by atomic mass is 10.2. The van der Waals surface area contributed by atoms with Gasteiger partial charge in [0.2, 0.25) is 0 Å². The first-order chi connectivity index (χ1) is 9.28. The zero-order chi connectivity index (χ0) is 13.5. The minimum atomic E-state index is 0.591. The van der Waals surface area contributed by atoms with Gasteiger partial charge in [0.05, 0.1) is 18.2 Å². The van der Waals surface area contributed by atoms with Crippen molar-refractivity contribution in [2.75, 3.05) is 32.8 Å². The first-order valence-electron chi connectivity index (χ1n) is 6.86. The molecule has 0 aliphatic carbocycles. The van der Waals surface area contributed by atoms with Crippen LogP contribution in [0.25, 0.3) is 0 Å². The fourth-order valence-electron chi connectivity index (χ4n) is 2.32. The van der Waals surface area contributed by atoms with Crippen molar-refractivity contribution in [3.63, 3.8) is 0 Å². The number of hydrogen-bond acceptors (Lipinski definition) is 4. The third kappa shape index (κ3) is 4.55. The van der Waals surface area contributed by atoms with E-state index in [1.54, 1.807) is 12.1 Å². The summed E-state index contributed by atoms with van der Waals surface area (Å²) < 4.78 is 5.67. The third-order valence-electron chi connectivity index (χ3n) is 3.32. The van der Waals surface area contributed by atoms with Gasteiger partial charge >= 0.3 is 0 Å². The second kappa shape index (κ2) is 7.13. The van der Waals surface area contributed by atoms with E-state index >= 15 is 0 Å².